The van der Waals surface area contributed by atoms with Gasteiger partial charge in [0.1, 0.15) is 0 Å². The molecule has 8 aromatic rings. The van der Waals surface area contributed by atoms with E-state index in [1.54, 1.807) is 5.20 Å². The highest BCUT2D eigenvalue weighted by atomic mass is 32.2. The second kappa shape index (κ2) is 14.8. The first-order chi connectivity index (χ1) is 29.5. The van der Waals surface area contributed by atoms with Crippen LogP contribution in [0, 0.1) is 6.92 Å². The Morgan fingerprint density at radius 1 is 0.650 bits per heavy atom. The smallest absolute Gasteiger partial charge is 0.175 e. The Labute approximate surface area is 359 Å². The minimum Gasteiger partial charge on any atom is -0.309 e. The van der Waals surface area contributed by atoms with Gasteiger partial charge in [0.05, 0.1) is 11.0 Å². The van der Waals surface area contributed by atoms with Crippen molar-refractivity contribution in [2.45, 2.75) is 48.7 Å². The molecule has 0 spiro atoms. The van der Waals surface area contributed by atoms with E-state index in [9.17, 15) is 0 Å². The summed E-state index contributed by atoms with van der Waals surface area (Å²) in [6.45, 7) is 4.71. The summed E-state index contributed by atoms with van der Waals surface area (Å²) in [5.74, 6) is 0.364. The minimum atomic E-state index is -2.73. The lowest BCUT2D eigenvalue weighted by Gasteiger charge is -2.37. The van der Waals surface area contributed by atoms with Crippen molar-refractivity contribution in [2.24, 2.45) is 0 Å². The molecule has 2 aliphatic carbocycles. The summed E-state index contributed by atoms with van der Waals surface area (Å²) in [4.78, 5) is 1.40. The SMILES string of the molecule is Cc1cc([Si](C2=CC=CCC2)(c2ccccc2)c2ccc(-n3c4ccccc4c4cc5c(cc43)C3C=CC=CC3(C)S5)cc2)ccc1-c1ccccc1Cc1ccccc1. The van der Waals surface area contributed by atoms with E-state index in [1.165, 1.54) is 81.3 Å². The van der Waals surface area contributed by atoms with Gasteiger partial charge in [-0.3, -0.25) is 0 Å². The van der Waals surface area contributed by atoms with Crippen LogP contribution in [0.15, 0.2) is 216 Å². The predicted molar refractivity (Wildman–Crippen MR) is 259 cm³/mol. The normalized spacial score (nSPS) is 19.0. The van der Waals surface area contributed by atoms with E-state index in [-0.39, 0.29) is 4.75 Å². The highest BCUT2D eigenvalue weighted by Gasteiger charge is 2.44. The number of rotatable bonds is 8. The van der Waals surface area contributed by atoms with Gasteiger partial charge in [0.2, 0.25) is 0 Å². The zero-order valence-electron chi connectivity index (χ0n) is 34.2. The molecule has 3 heteroatoms. The maximum absolute atomic E-state index is 2.73. The summed E-state index contributed by atoms with van der Waals surface area (Å²) in [5.41, 5.74) is 11.8. The average molecular weight is 806 g/mol. The van der Waals surface area contributed by atoms with E-state index >= 15 is 0 Å². The number of aryl methyl sites for hydroxylation is 1. The third-order valence-electron chi connectivity index (χ3n) is 13.4. The van der Waals surface area contributed by atoms with Crippen LogP contribution in [0.1, 0.15) is 47.9 Å². The number of allylic oxidation sites excluding steroid dienone is 7. The van der Waals surface area contributed by atoms with Gasteiger partial charge < -0.3 is 4.57 Å². The number of hydrogen-bond donors (Lipinski definition) is 0. The summed E-state index contributed by atoms with van der Waals surface area (Å²) in [5, 5.41) is 8.47. The second-order valence-corrected chi connectivity index (χ2v) is 22.3. The molecule has 0 N–H and O–H groups in total. The molecule has 60 heavy (non-hydrogen) atoms. The summed E-state index contributed by atoms with van der Waals surface area (Å²) >= 11 is 2.01. The molecule has 0 bridgehead atoms. The minimum absolute atomic E-state index is 0.0503. The standard InChI is InChI=1S/C57H47NSSi/c1-40-36-47(33-34-48(40)49-25-13-12-20-42(49)37-41-18-6-3-7-19-41)60(44-21-8-4-9-22-44,45-23-10-5-11-24-45)46-31-29-43(30-32-46)58-54-28-15-14-26-50(54)51-39-56-52(38-55(51)58)53-27-16-17-35-57(53,2)59-56/h3-10,12-23,25-36,38-39,53H,11,24,37H2,1-2H3. The monoisotopic (exact) mass is 805 g/mol. The first kappa shape index (κ1) is 36.9. The van der Waals surface area contributed by atoms with Crippen molar-refractivity contribution in [3.8, 4) is 16.8 Å². The fraction of sp³-hybridized carbons (Fsp3) is 0.123. The van der Waals surface area contributed by atoms with Crippen LogP contribution in [0.3, 0.4) is 0 Å². The Kier molecular flexibility index (Phi) is 9.13. The lowest BCUT2D eigenvalue weighted by Crippen LogP contribution is -2.68. The molecule has 2 heterocycles. The maximum Gasteiger partial charge on any atom is 0.175 e. The van der Waals surface area contributed by atoms with Gasteiger partial charge in [-0.05, 0) is 112 Å². The van der Waals surface area contributed by atoms with Crippen LogP contribution < -0.4 is 15.6 Å². The lowest BCUT2D eigenvalue weighted by molar-refractivity contribution is 0.702. The maximum atomic E-state index is 2.54. The molecule has 1 aromatic heterocycles. The number of fused-ring (bicyclic) bond motifs is 6. The van der Waals surface area contributed by atoms with Gasteiger partial charge in [0, 0.05) is 32.0 Å². The highest BCUT2D eigenvalue weighted by molar-refractivity contribution is 8.01. The second-order valence-electron chi connectivity index (χ2n) is 16.9. The van der Waals surface area contributed by atoms with Crippen molar-refractivity contribution in [1.29, 1.82) is 0 Å². The summed E-state index contributed by atoms with van der Waals surface area (Å²) in [7, 11) is -2.73. The van der Waals surface area contributed by atoms with Crippen molar-refractivity contribution in [1.82, 2.24) is 4.57 Å². The zero-order chi connectivity index (χ0) is 40.3. The van der Waals surface area contributed by atoms with Gasteiger partial charge in [0.25, 0.3) is 0 Å². The third-order valence-corrected chi connectivity index (χ3v) is 19.8. The molecule has 0 saturated carbocycles. The molecule has 11 rings (SSSR count). The van der Waals surface area contributed by atoms with Crippen molar-refractivity contribution in [3.63, 3.8) is 0 Å². The van der Waals surface area contributed by atoms with Crippen LogP contribution in [0.2, 0.25) is 0 Å². The van der Waals surface area contributed by atoms with Gasteiger partial charge in [-0.1, -0.05) is 181 Å². The molecule has 3 atom stereocenters. The van der Waals surface area contributed by atoms with Gasteiger partial charge in [0.15, 0.2) is 8.07 Å². The number of thioether (sulfide) groups is 1. The van der Waals surface area contributed by atoms with E-state index in [1.807, 2.05) is 11.8 Å². The average Bonchev–Trinajstić information content (AvgIpc) is 3.78. The molecule has 3 aliphatic rings. The van der Waals surface area contributed by atoms with Gasteiger partial charge in [-0.25, -0.2) is 0 Å². The van der Waals surface area contributed by atoms with E-state index in [4.69, 9.17) is 0 Å². The molecule has 0 amide bonds. The van der Waals surface area contributed by atoms with E-state index in [2.05, 4.69) is 225 Å². The quantitative estimate of drug-likeness (QED) is 0.109. The van der Waals surface area contributed by atoms with Crippen molar-refractivity contribution in [3.05, 3.63) is 234 Å². The Hall–Kier alpha value is -6.13. The van der Waals surface area contributed by atoms with Crippen LogP contribution in [0.4, 0.5) is 0 Å². The Bertz CT molecular complexity index is 3060. The number of hydrogen-bond acceptors (Lipinski definition) is 1. The Morgan fingerprint density at radius 3 is 2.18 bits per heavy atom. The van der Waals surface area contributed by atoms with Gasteiger partial charge >= 0.3 is 0 Å². The third kappa shape index (κ3) is 5.98. The number of para-hydroxylation sites is 1. The number of benzene rings is 7. The topological polar surface area (TPSA) is 4.93 Å². The van der Waals surface area contributed by atoms with Crippen LogP contribution in [-0.4, -0.2) is 17.4 Å². The molecule has 0 fully saturated rings. The molecule has 0 radical (unpaired) electrons. The fourth-order valence-electron chi connectivity index (χ4n) is 10.6. The molecule has 0 saturated heterocycles. The van der Waals surface area contributed by atoms with Crippen molar-refractivity contribution >= 4 is 57.2 Å². The molecule has 1 aliphatic heterocycles. The lowest BCUT2D eigenvalue weighted by atomic mass is 9.83. The van der Waals surface area contributed by atoms with E-state index in [0.29, 0.717) is 5.92 Å². The first-order valence-corrected chi connectivity index (χ1v) is 24.2. The molecular weight excluding hydrogens is 759 g/mol. The molecule has 1 nitrogen and oxygen atoms in total. The molecule has 7 aromatic carbocycles. The van der Waals surface area contributed by atoms with Gasteiger partial charge in [-0.15, -0.1) is 11.8 Å². The summed E-state index contributed by atoms with van der Waals surface area (Å²) in [6, 6.07) is 62.4. The highest BCUT2D eigenvalue weighted by Crippen LogP contribution is 2.57. The largest absolute Gasteiger partial charge is 0.309 e. The Balaban J connectivity index is 1.07. The number of nitrogens with zero attached hydrogens (tertiary/aromatic N) is 1. The Morgan fingerprint density at radius 2 is 1.38 bits per heavy atom. The van der Waals surface area contributed by atoms with Crippen LogP contribution >= 0.6 is 11.8 Å². The first-order valence-electron chi connectivity index (χ1n) is 21.4. The van der Waals surface area contributed by atoms with Crippen molar-refractivity contribution < 1.29 is 0 Å². The van der Waals surface area contributed by atoms with E-state index < -0.39 is 8.07 Å². The summed E-state index contributed by atoms with van der Waals surface area (Å²) in [6.07, 6.45) is 19.3. The molecule has 3 unspecified atom stereocenters. The predicted octanol–water partition coefficient (Wildman–Crippen LogP) is 12.7. The molecular formula is C57H47NSSi. The summed E-state index contributed by atoms with van der Waals surface area (Å²) < 4.78 is 2.56. The zero-order valence-corrected chi connectivity index (χ0v) is 36.0. The van der Waals surface area contributed by atoms with Crippen LogP contribution in [0.25, 0.3) is 38.6 Å². The van der Waals surface area contributed by atoms with Crippen LogP contribution in [-0.2, 0) is 6.42 Å². The van der Waals surface area contributed by atoms with Crippen molar-refractivity contribution in [2.75, 3.05) is 0 Å². The number of aromatic nitrogens is 1. The van der Waals surface area contributed by atoms with Gasteiger partial charge in [-0.2, -0.15) is 0 Å². The fourth-order valence-corrected chi connectivity index (χ4v) is 17.1. The molecule has 290 valence electrons. The van der Waals surface area contributed by atoms with E-state index in [0.717, 1.165) is 19.3 Å². The van der Waals surface area contributed by atoms with Crippen LogP contribution in [0.5, 0.6) is 0 Å².